The molecule has 0 saturated heterocycles. The van der Waals surface area contributed by atoms with Crippen LogP contribution in [-0.4, -0.2) is 56.5 Å². The minimum atomic E-state index is -3.82. The van der Waals surface area contributed by atoms with Crippen molar-refractivity contribution < 1.29 is 27.9 Å². The highest BCUT2D eigenvalue weighted by Gasteiger charge is 2.26. The molecule has 1 amide bonds. The zero-order valence-electron chi connectivity index (χ0n) is 13.2. The normalized spacial score (nSPS) is 11.3. The molecule has 1 aromatic carbocycles. The van der Waals surface area contributed by atoms with Crippen LogP contribution in [0.3, 0.4) is 0 Å². The van der Waals surface area contributed by atoms with Gasteiger partial charge in [-0.3, -0.25) is 9.59 Å². The largest absolute Gasteiger partial charge is 0.495 e. The molecule has 128 valence electrons. The SMILES string of the molecule is CCN(CC)S(=O)(=O)c1cc(C(=O)NCC(=O)O)ccc1OC. The van der Waals surface area contributed by atoms with Crippen LogP contribution in [0.4, 0.5) is 0 Å². The Morgan fingerprint density at radius 1 is 1.26 bits per heavy atom. The molecule has 0 fully saturated rings. The third-order valence-corrected chi connectivity index (χ3v) is 5.22. The third kappa shape index (κ3) is 4.42. The molecule has 0 atom stereocenters. The first-order valence-electron chi connectivity index (χ1n) is 6.96. The zero-order valence-corrected chi connectivity index (χ0v) is 14.0. The summed E-state index contributed by atoms with van der Waals surface area (Å²) in [6, 6.07) is 3.92. The molecule has 0 aliphatic heterocycles. The van der Waals surface area contributed by atoms with Crippen LogP contribution in [0.2, 0.25) is 0 Å². The van der Waals surface area contributed by atoms with Crippen LogP contribution >= 0.6 is 0 Å². The van der Waals surface area contributed by atoms with Gasteiger partial charge in [-0.1, -0.05) is 13.8 Å². The van der Waals surface area contributed by atoms with E-state index in [-0.39, 0.29) is 29.3 Å². The number of sulfonamides is 1. The minimum absolute atomic E-state index is 0.0396. The summed E-state index contributed by atoms with van der Waals surface area (Å²) in [7, 11) is -2.49. The van der Waals surface area contributed by atoms with E-state index in [0.717, 1.165) is 0 Å². The van der Waals surface area contributed by atoms with Crippen molar-refractivity contribution >= 4 is 21.9 Å². The molecule has 0 aliphatic rings. The van der Waals surface area contributed by atoms with Crippen molar-refractivity contribution in [3.05, 3.63) is 23.8 Å². The number of methoxy groups -OCH3 is 1. The lowest BCUT2D eigenvalue weighted by molar-refractivity contribution is -0.135. The summed E-state index contributed by atoms with van der Waals surface area (Å²) in [5.74, 6) is -1.75. The highest BCUT2D eigenvalue weighted by atomic mass is 32.2. The van der Waals surface area contributed by atoms with Gasteiger partial charge in [0.1, 0.15) is 17.2 Å². The number of amides is 1. The van der Waals surface area contributed by atoms with Gasteiger partial charge in [-0.15, -0.1) is 0 Å². The van der Waals surface area contributed by atoms with Gasteiger partial charge in [0.15, 0.2) is 0 Å². The lowest BCUT2D eigenvalue weighted by atomic mass is 10.2. The third-order valence-electron chi connectivity index (χ3n) is 3.15. The molecule has 0 bridgehead atoms. The van der Waals surface area contributed by atoms with E-state index >= 15 is 0 Å². The maximum absolute atomic E-state index is 12.6. The summed E-state index contributed by atoms with van der Waals surface area (Å²) in [6.45, 7) is 3.41. The van der Waals surface area contributed by atoms with E-state index in [1.54, 1.807) is 13.8 Å². The molecule has 0 spiro atoms. The lowest BCUT2D eigenvalue weighted by Crippen LogP contribution is -2.32. The maximum Gasteiger partial charge on any atom is 0.322 e. The average molecular weight is 344 g/mol. The van der Waals surface area contributed by atoms with Crippen LogP contribution < -0.4 is 10.1 Å². The van der Waals surface area contributed by atoms with E-state index in [1.165, 1.54) is 29.6 Å². The number of benzene rings is 1. The Balaban J connectivity index is 3.28. The Bertz CT molecular complexity index is 683. The van der Waals surface area contributed by atoms with Crippen molar-refractivity contribution in [1.29, 1.82) is 0 Å². The number of nitrogens with one attached hydrogen (secondary N) is 1. The average Bonchev–Trinajstić information content (AvgIpc) is 2.52. The maximum atomic E-state index is 12.6. The van der Waals surface area contributed by atoms with Crippen molar-refractivity contribution in [1.82, 2.24) is 9.62 Å². The highest BCUT2D eigenvalue weighted by molar-refractivity contribution is 7.89. The van der Waals surface area contributed by atoms with Crippen LogP contribution in [0.25, 0.3) is 0 Å². The van der Waals surface area contributed by atoms with Crippen LogP contribution in [-0.2, 0) is 14.8 Å². The van der Waals surface area contributed by atoms with E-state index in [2.05, 4.69) is 5.32 Å². The fourth-order valence-corrected chi connectivity index (χ4v) is 3.62. The van der Waals surface area contributed by atoms with Gasteiger partial charge >= 0.3 is 5.97 Å². The van der Waals surface area contributed by atoms with Gasteiger partial charge in [0.2, 0.25) is 10.0 Å². The van der Waals surface area contributed by atoms with E-state index in [1.807, 2.05) is 0 Å². The Kier molecular flexibility index (Phi) is 6.52. The number of nitrogens with zero attached hydrogens (tertiary/aromatic N) is 1. The van der Waals surface area contributed by atoms with Crippen molar-refractivity contribution in [2.24, 2.45) is 0 Å². The van der Waals surface area contributed by atoms with Crippen LogP contribution in [0.5, 0.6) is 5.75 Å². The number of carboxylic acids is 1. The molecule has 0 aliphatic carbocycles. The molecule has 0 heterocycles. The minimum Gasteiger partial charge on any atom is -0.495 e. The Morgan fingerprint density at radius 3 is 2.35 bits per heavy atom. The molecule has 1 aromatic rings. The quantitative estimate of drug-likeness (QED) is 0.712. The van der Waals surface area contributed by atoms with Gasteiger partial charge < -0.3 is 15.2 Å². The van der Waals surface area contributed by atoms with Gasteiger partial charge in [0.05, 0.1) is 7.11 Å². The van der Waals surface area contributed by atoms with E-state index in [0.29, 0.717) is 0 Å². The summed E-state index contributed by atoms with van der Waals surface area (Å²) in [5, 5.41) is 10.8. The number of rotatable bonds is 8. The van der Waals surface area contributed by atoms with Crippen molar-refractivity contribution in [2.75, 3.05) is 26.7 Å². The van der Waals surface area contributed by atoms with Gasteiger partial charge in [-0.05, 0) is 18.2 Å². The first kappa shape index (κ1) is 18.9. The van der Waals surface area contributed by atoms with Crippen molar-refractivity contribution in [2.45, 2.75) is 18.7 Å². The molecule has 0 unspecified atom stereocenters. The van der Waals surface area contributed by atoms with Crippen LogP contribution in [0.1, 0.15) is 24.2 Å². The number of carbonyl (C=O) groups is 2. The molecule has 0 aromatic heterocycles. The summed E-state index contributed by atoms with van der Waals surface area (Å²) in [6.07, 6.45) is 0. The van der Waals surface area contributed by atoms with E-state index < -0.39 is 28.4 Å². The van der Waals surface area contributed by atoms with E-state index in [9.17, 15) is 18.0 Å². The molecule has 8 nitrogen and oxygen atoms in total. The topological polar surface area (TPSA) is 113 Å². The molecule has 2 N–H and O–H groups in total. The Hall–Kier alpha value is -2.13. The molecule has 9 heteroatoms. The summed E-state index contributed by atoms with van der Waals surface area (Å²) >= 11 is 0. The number of aliphatic carboxylic acids is 1. The first-order chi connectivity index (χ1) is 10.8. The fraction of sp³-hybridized carbons (Fsp3) is 0.429. The number of carbonyl (C=O) groups excluding carboxylic acids is 1. The predicted molar refractivity (Wildman–Crippen MR) is 83.1 cm³/mol. The van der Waals surface area contributed by atoms with Crippen molar-refractivity contribution in [3.63, 3.8) is 0 Å². The molecule has 0 saturated carbocycles. The predicted octanol–water partition coefficient (Wildman–Crippen LogP) is 0.540. The second kappa shape index (κ2) is 7.93. The first-order valence-corrected chi connectivity index (χ1v) is 8.40. The second-order valence-corrected chi connectivity index (χ2v) is 6.44. The number of carboxylic acid groups (broad SMARTS) is 1. The standard InChI is InChI=1S/C14H20N2O6S/c1-4-16(5-2)23(20,21)12-8-10(6-7-11(12)22-3)14(19)15-9-13(17)18/h6-8H,4-5,9H2,1-3H3,(H,15,19)(H,17,18). The van der Waals surface area contributed by atoms with Gasteiger partial charge in [-0.2, -0.15) is 4.31 Å². The van der Waals surface area contributed by atoms with Gasteiger partial charge in [-0.25, -0.2) is 8.42 Å². The van der Waals surface area contributed by atoms with Crippen molar-refractivity contribution in [3.8, 4) is 5.75 Å². The molecular weight excluding hydrogens is 324 g/mol. The van der Waals surface area contributed by atoms with E-state index in [4.69, 9.17) is 9.84 Å². The van der Waals surface area contributed by atoms with Gasteiger partial charge in [0.25, 0.3) is 5.91 Å². The molecule has 0 radical (unpaired) electrons. The Labute approximate surface area is 135 Å². The number of hydrogen-bond donors (Lipinski definition) is 2. The van der Waals surface area contributed by atoms with Crippen LogP contribution in [0, 0.1) is 0 Å². The second-order valence-electron chi connectivity index (χ2n) is 4.53. The number of ether oxygens (including phenoxy) is 1. The van der Waals surface area contributed by atoms with Gasteiger partial charge in [0, 0.05) is 18.7 Å². The molecule has 1 rings (SSSR count). The molecular formula is C14H20N2O6S. The molecule has 23 heavy (non-hydrogen) atoms. The smallest absolute Gasteiger partial charge is 0.322 e. The Morgan fingerprint density at radius 2 is 1.87 bits per heavy atom. The summed E-state index contributed by atoms with van der Waals surface area (Å²) < 4.78 is 31.6. The monoisotopic (exact) mass is 344 g/mol. The highest BCUT2D eigenvalue weighted by Crippen LogP contribution is 2.27. The fourth-order valence-electron chi connectivity index (χ4n) is 1.98. The zero-order chi connectivity index (χ0) is 17.6. The summed E-state index contributed by atoms with van der Waals surface area (Å²) in [5.41, 5.74) is 0.0396. The summed E-state index contributed by atoms with van der Waals surface area (Å²) in [4.78, 5) is 22.3. The van der Waals surface area contributed by atoms with Crippen LogP contribution in [0.15, 0.2) is 23.1 Å². The number of hydrogen-bond acceptors (Lipinski definition) is 5. The lowest BCUT2D eigenvalue weighted by Gasteiger charge is -2.20.